The fourth-order valence-corrected chi connectivity index (χ4v) is 3.55. The number of carbonyl (C=O) groups is 2. The van der Waals surface area contributed by atoms with E-state index in [-0.39, 0.29) is 39.2 Å². The van der Waals surface area contributed by atoms with Crippen molar-refractivity contribution in [2.45, 2.75) is 6.42 Å². The van der Waals surface area contributed by atoms with Gasteiger partial charge in [-0.25, -0.2) is 8.42 Å². The lowest BCUT2D eigenvalue weighted by Crippen LogP contribution is -2.37. The molecular formula is C11H11ClN2O4S. The molecule has 2 rings (SSSR count). The fourth-order valence-electron chi connectivity index (χ4n) is 1.87. The molecular weight excluding hydrogens is 292 g/mol. The molecule has 0 fully saturated rings. The van der Waals surface area contributed by atoms with E-state index < -0.39 is 21.8 Å². The average Bonchev–Trinajstić information content (AvgIpc) is 2.61. The van der Waals surface area contributed by atoms with Gasteiger partial charge in [0.1, 0.15) is 0 Å². The van der Waals surface area contributed by atoms with Gasteiger partial charge in [0.25, 0.3) is 11.8 Å². The lowest BCUT2D eigenvalue weighted by molar-refractivity contribution is 0.0766. The highest BCUT2D eigenvalue weighted by molar-refractivity contribution is 7.90. The molecule has 0 bridgehead atoms. The van der Waals surface area contributed by atoms with Crippen molar-refractivity contribution in [3.05, 3.63) is 29.3 Å². The predicted molar refractivity (Wildman–Crippen MR) is 70.5 cm³/mol. The zero-order chi connectivity index (χ0) is 14.2. The number of hydrogen-bond acceptors (Lipinski definition) is 5. The van der Waals surface area contributed by atoms with Crippen LogP contribution in [0.5, 0.6) is 0 Å². The van der Waals surface area contributed by atoms with Crippen LogP contribution >= 0.6 is 11.6 Å². The molecule has 1 aromatic carbocycles. The molecule has 2 amide bonds. The number of amides is 2. The van der Waals surface area contributed by atoms with E-state index in [9.17, 15) is 18.0 Å². The third-order valence-corrected chi connectivity index (χ3v) is 4.68. The van der Waals surface area contributed by atoms with Gasteiger partial charge in [0.2, 0.25) is 10.0 Å². The molecule has 1 heterocycles. The van der Waals surface area contributed by atoms with Gasteiger partial charge in [-0.1, -0.05) is 6.07 Å². The molecule has 0 aromatic heterocycles. The Morgan fingerprint density at radius 3 is 2.47 bits per heavy atom. The maximum absolute atomic E-state index is 12.1. The summed E-state index contributed by atoms with van der Waals surface area (Å²) in [6.07, 6.45) is 0.160. The van der Waals surface area contributed by atoms with Gasteiger partial charge in [-0.3, -0.25) is 9.59 Å². The molecule has 1 aromatic rings. The first-order valence-corrected chi connectivity index (χ1v) is 7.60. The van der Waals surface area contributed by atoms with E-state index in [1.54, 1.807) is 0 Å². The third kappa shape index (κ3) is 2.19. The number of alkyl halides is 1. The van der Waals surface area contributed by atoms with E-state index in [1.807, 2.05) is 0 Å². The van der Waals surface area contributed by atoms with Crippen molar-refractivity contribution in [2.75, 3.05) is 17.4 Å². The molecule has 6 nitrogen and oxygen atoms in total. The summed E-state index contributed by atoms with van der Waals surface area (Å²) in [6.45, 7) is 0. The summed E-state index contributed by atoms with van der Waals surface area (Å²) in [7, 11) is -4.01. The van der Waals surface area contributed by atoms with Crippen molar-refractivity contribution in [3.63, 3.8) is 0 Å². The van der Waals surface area contributed by atoms with Crippen LogP contribution in [0.3, 0.4) is 0 Å². The number of rotatable bonds is 4. The summed E-state index contributed by atoms with van der Waals surface area (Å²) < 4.78 is 24.2. The second-order valence-corrected chi connectivity index (χ2v) is 6.32. The molecule has 8 heteroatoms. The number of benzene rings is 1. The third-order valence-electron chi connectivity index (χ3n) is 2.72. The molecule has 102 valence electrons. The van der Waals surface area contributed by atoms with Gasteiger partial charge in [-0.05, 0) is 18.6 Å². The van der Waals surface area contributed by atoms with Gasteiger partial charge in [-0.15, -0.1) is 11.6 Å². The highest BCUT2D eigenvalue weighted by atomic mass is 35.5. The number of nitrogens with zero attached hydrogens (tertiary/aromatic N) is 1. The summed E-state index contributed by atoms with van der Waals surface area (Å²) in [5, 5.41) is 0. The van der Waals surface area contributed by atoms with E-state index in [4.69, 9.17) is 17.3 Å². The van der Waals surface area contributed by atoms with Crippen LogP contribution in [0.15, 0.2) is 18.2 Å². The first kappa shape index (κ1) is 13.8. The first-order valence-electron chi connectivity index (χ1n) is 5.46. The quantitative estimate of drug-likeness (QED) is 0.504. The number of anilines is 1. The van der Waals surface area contributed by atoms with Crippen molar-refractivity contribution >= 4 is 39.1 Å². The Kier molecular flexibility index (Phi) is 3.51. The topological polar surface area (TPSA) is 97.5 Å². The molecule has 2 N–H and O–H groups in total. The highest BCUT2D eigenvalue weighted by Gasteiger charge is 2.43. The predicted octanol–water partition coefficient (Wildman–Crippen LogP) is 0.824. The van der Waals surface area contributed by atoms with Crippen LogP contribution in [0.4, 0.5) is 5.69 Å². The summed E-state index contributed by atoms with van der Waals surface area (Å²) in [5.41, 5.74) is 5.66. The smallest absolute Gasteiger partial charge is 0.277 e. The molecule has 19 heavy (non-hydrogen) atoms. The van der Waals surface area contributed by atoms with Gasteiger partial charge in [0.05, 0.1) is 16.9 Å². The molecule has 0 atom stereocenters. The minimum Gasteiger partial charge on any atom is -0.398 e. The Morgan fingerprint density at radius 2 is 1.89 bits per heavy atom. The standard InChI is InChI=1S/C11H11ClN2O4S/c12-5-2-6-19(17,18)14-10(15)7-3-1-4-8(13)9(7)11(14)16/h1,3-4H,2,5-6,13H2. The minimum atomic E-state index is -4.01. The zero-order valence-corrected chi connectivity index (χ0v) is 11.4. The molecule has 1 aliphatic rings. The van der Waals surface area contributed by atoms with E-state index in [0.29, 0.717) is 0 Å². The molecule has 0 unspecified atom stereocenters. The van der Waals surface area contributed by atoms with Gasteiger partial charge >= 0.3 is 0 Å². The number of nitrogen functional groups attached to an aromatic ring is 1. The first-order chi connectivity index (χ1) is 8.90. The number of nitrogens with two attached hydrogens (primary N) is 1. The van der Waals surface area contributed by atoms with E-state index in [2.05, 4.69) is 0 Å². The van der Waals surface area contributed by atoms with Gasteiger partial charge < -0.3 is 5.73 Å². The number of imide groups is 1. The zero-order valence-electron chi connectivity index (χ0n) is 9.80. The van der Waals surface area contributed by atoms with Crippen molar-refractivity contribution in [3.8, 4) is 0 Å². The number of fused-ring (bicyclic) bond motifs is 1. The van der Waals surface area contributed by atoms with Gasteiger partial charge in [0.15, 0.2) is 0 Å². The number of sulfonamides is 1. The molecule has 0 saturated carbocycles. The minimum absolute atomic E-state index is 0.0134. The summed E-state index contributed by atoms with van der Waals surface area (Å²) >= 11 is 5.43. The van der Waals surface area contributed by atoms with Crippen LogP contribution in [0, 0.1) is 0 Å². The Balaban J connectivity index is 2.46. The largest absolute Gasteiger partial charge is 0.398 e. The van der Waals surface area contributed by atoms with Crippen LogP contribution < -0.4 is 5.73 Å². The van der Waals surface area contributed by atoms with Crippen molar-refractivity contribution in [2.24, 2.45) is 0 Å². The Morgan fingerprint density at radius 1 is 1.21 bits per heavy atom. The van der Waals surface area contributed by atoms with Crippen LogP contribution in [0.25, 0.3) is 0 Å². The van der Waals surface area contributed by atoms with Crippen LogP contribution in [-0.4, -0.2) is 36.2 Å². The normalized spacial score (nSPS) is 14.9. The maximum Gasteiger partial charge on any atom is 0.277 e. The lowest BCUT2D eigenvalue weighted by Gasteiger charge is -2.13. The Bertz CT molecular complexity index is 657. The number of halogens is 1. The molecule has 0 radical (unpaired) electrons. The van der Waals surface area contributed by atoms with Crippen LogP contribution in [-0.2, 0) is 10.0 Å². The number of carbonyl (C=O) groups excluding carboxylic acids is 2. The van der Waals surface area contributed by atoms with E-state index >= 15 is 0 Å². The monoisotopic (exact) mass is 302 g/mol. The van der Waals surface area contributed by atoms with Crippen molar-refractivity contribution in [1.29, 1.82) is 0 Å². The fraction of sp³-hybridized carbons (Fsp3) is 0.273. The van der Waals surface area contributed by atoms with Crippen molar-refractivity contribution < 1.29 is 18.0 Å². The van der Waals surface area contributed by atoms with Gasteiger partial charge in [-0.2, -0.15) is 4.31 Å². The van der Waals surface area contributed by atoms with E-state index in [1.165, 1.54) is 18.2 Å². The SMILES string of the molecule is Nc1cccc2c1C(=O)N(S(=O)(=O)CCCCl)C2=O. The summed E-state index contributed by atoms with van der Waals surface area (Å²) in [5.74, 6) is -1.98. The molecule has 0 saturated heterocycles. The van der Waals surface area contributed by atoms with Crippen LogP contribution in [0.1, 0.15) is 27.1 Å². The summed E-state index contributed by atoms with van der Waals surface area (Å²) in [4.78, 5) is 24.1. The Labute approximate surface area is 115 Å². The Hall–Kier alpha value is -1.60. The molecule has 1 aliphatic heterocycles. The van der Waals surface area contributed by atoms with Gasteiger partial charge in [0, 0.05) is 11.6 Å². The lowest BCUT2D eigenvalue weighted by atomic mass is 10.1. The second-order valence-electron chi connectivity index (χ2n) is 4.00. The highest BCUT2D eigenvalue weighted by Crippen LogP contribution is 2.29. The number of hydrogen-bond donors (Lipinski definition) is 1. The molecule has 0 aliphatic carbocycles. The van der Waals surface area contributed by atoms with Crippen molar-refractivity contribution in [1.82, 2.24) is 4.31 Å². The van der Waals surface area contributed by atoms with E-state index in [0.717, 1.165) is 0 Å². The molecule has 0 spiro atoms. The summed E-state index contributed by atoms with van der Waals surface area (Å²) in [6, 6.07) is 4.32. The average molecular weight is 303 g/mol. The maximum atomic E-state index is 12.1. The van der Waals surface area contributed by atoms with Crippen LogP contribution in [0.2, 0.25) is 0 Å². The second kappa shape index (κ2) is 4.82.